The molecule has 1 saturated heterocycles. The lowest BCUT2D eigenvalue weighted by molar-refractivity contribution is -0.142. The molecule has 4 rings (SSSR count). The Labute approximate surface area is 140 Å². The third-order valence-electron chi connectivity index (χ3n) is 5.73. The molecule has 2 atom stereocenters. The van der Waals surface area contributed by atoms with E-state index in [9.17, 15) is 14.7 Å². The Balaban J connectivity index is 1.56. The number of carbonyl (C=O) groups is 2. The zero-order chi connectivity index (χ0) is 16.2. The maximum Gasteiger partial charge on any atom is 0.308 e. The van der Waals surface area contributed by atoms with E-state index >= 15 is 0 Å². The SMILES string of the molecule is O=C(O)[C@H]1CN(C(=O)C2(c3cccc(Cl)c3)CC2)C[C@@H]1C1CC1. The Hall–Kier alpha value is -1.55. The Bertz CT molecular complexity index is 666. The van der Waals surface area contributed by atoms with Gasteiger partial charge in [-0.05, 0) is 55.2 Å². The smallest absolute Gasteiger partial charge is 0.308 e. The van der Waals surface area contributed by atoms with Crippen molar-refractivity contribution in [2.45, 2.75) is 31.1 Å². The first-order chi connectivity index (χ1) is 11.0. The lowest BCUT2D eigenvalue weighted by Crippen LogP contribution is -2.38. The van der Waals surface area contributed by atoms with Gasteiger partial charge in [0.25, 0.3) is 0 Å². The van der Waals surface area contributed by atoms with Crippen molar-refractivity contribution in [2.24, 2.45) is 17.8 Å². The summed E-state index contributed by atoms with van der Waals surface area (Å²) in [6.07, 6.45) is 3.87. The molecule has 5 heteroatoms. The van der Waals surface area contributed by atoms with Crippen molar-refractivity contribution in [1.82, 2.24) is 4.90 Å². The standard InChI is InChI=1S/C18H20ClNO3/c19-13-3-1-2-12(8-13)18(6-7-18)17(23)20-9-14(11-4-5-11)15(10-20)16(21)22/h1-3,8,11,14-15H,4-7,9-10H2,(H,21,22)/t14-,15+/m1/s1. The third-order valence-corrected chi connectivity index (χ3v) is 5.97. The molecule has 3 aliphatic rings. The molecule has 2 saturated carbocycles. The van der Waals surface area contributed by atoms with Crippen LogP contribution in [0.2, 0.25) is 5.02 Å². The van der Waals surface area contributed by atoms with Crippen LogP contribution in [0.5, 0.6) is 0 Å². The Morgan fingerprint density at radius 3 is 2.52 bits per heavy atom. The van der Waals surface area contributed by atoms with E-state index in [1.165, 1.54) is 0 Å². The van der Waals surface area contributed by atoms with Gasteiger partial charge in [0.2, 0.25) is 5.91 Å². The number of rotatable bonds is 4. The van der Waals surface area contributed by atoms with Gasteiger partial charge in [-0.25, -0.2) is 0 Å². The van der Waals surface area contributed by atoms with Crippen LogP contribution in [0.4, 0.5) is 0 Å². The van der Waals surface area contributed by atoms with Crippen molar-refractivity contribution in [2.75, 3.05) is 13.1 Å². The van der Waals surface area contributed by atoms with Gasteiger partial charge < -0.3 is 10.0 Å². The molecule has 2 aliphatic carbocycles. The first-order valence-electron chi connectivity index (χ1n) is 8.29. The minimum absolute atomic E-state index is 0.0918. The van der Waals surface area contributed by atoms with E-state index < -0.39 is 17.3 Å². The number of benzene rings is 1. The predicted molar refractivity (Wildman–Crippen MR) is 86.3 cm³/mol. The molecular weight excluding hydrogens is 314 g/mol. The van der Waals surface area contributed by atoms with Gasteiger partial charge in [-0.1, -0.05) is 23.7 Å². The molecule has 4 nitrogen and oxygen atoms in total. The van der Waals surface area contributed by atoms with E-state index in [0.29, 0.717) is 24.0 Å². The molecule has 0 radical (unpaired) electrons. The van der Waals surface area contributed by atoms with E-state index in [2.05, 4.69) is 0 Å². The summed E-state index contributed by atoms with van der Waals surface area (Å²) in [6.45, 7) is 0.959. The van der Waals surface area contributed by atoms with Gasteiger partial charge >= 0.3 is 5.97 Å². The van der Waals surface area contributed by atoms with Crippen molar-refractivity contribution in [3.8, 4) is 0 Å². The minimum Gasteiger partial charge on any atom is -0.481 e. The van der Waals surface area contributed by atoms with E-state index in [1.807, 2.05) is 24.3 Å². The van der Waals surface area contributed by atoms with Crippen LogP contribution in [0.3, 0.4) is 0 Å². The second kappa shape index (κ2) is 5.23. The van der Waals surface area contributed by atoms with E-state index in [0.717, 1.165) is 31.2 Å². The predicted octanol–water partition coefficient (Wildman–Crippen LogP) is 2.94. The van der Waals surface area contributed by atoms with Gasteiger partial charge in [0.15, 0.2) is 0 Å². The molecule has 0 unspecified atom stereocenters. The molecule has 0 bridgehead atoms. The van der Waals surface area contributed by atoms with Crippen LogP contribution in [0.15, 0.2) is 24.3 Å². The van der Waals surface area contributed by atoms with Crippen molar-refractivity contribution in [3.05, 3.63) is 34.9 Å². The van der Waals surface area contributed by atoms with Crippen molar-refractivity contribution >= 4 is 23.5 Å². The van der Waals surface area contributed by atoms with Gasteiger partial charge in [-0.2, -0.15) is 0 Å². The summed E-state index contributed by atoms with van der Waals surface area (Å²) >= 11 is 6.08. The number of halogens is 1. The fourth-order valence-electron chi connectivity index (χ4n) is 4.10. The highest BCUT2D eigenvalue weighted by Gasteiger charge is 2.56. The third kappa shape index (κ3) is 2.53. The molecule has 122 valence electrons. The van der Waals surface area contributed by atoms with E-state index in [-0.39, 0.29) is 11.8 Å². The lowest BCUT2D eigenvalue weighted by Gasteiger charge is -2.24. The van der Waals surface area contributed by atoms with Gasteiger partial charge in [0.05, 0.1) is 11.3 Å². The molecule has 1 N–H and O–H groups in total. The number of carboxylic acids is 1. The first-order valence-corrected chi connectivity index (χ1v) is 8.67. The second-order valence-electron chi connectivity index (χ2n) is 7.25. The molecule has 1 amide bonds. The van der Waals surface area contributed by atoms with Crippen LogP contribution in [0.25, 0.3) is 0 Å². The highest BCUT2D eigenvalue weighted by molar-refractivity contribution is 6.30. The quantitative estimate of drug-likeness (QED) is 0.921. The van der Waals surface area contributed by atoms with Crippen LogP contribution in [0, 0.1) is 17.8 Å². The maximum atomic E-state index is 13.1. The van der Waals surface area contributed by atoms with Crippen LogP contribution < -0.4 is 0 Å². The van der Waals surface area contributed by atoms with Crippen LogP contribution in [0.1, 0.15) is 31.2 Å². The summed E-state index contributed by atoms with van der Waals surface area (Å²) < 4.78 is 0. The zero-order valence-corrected chi connectivity index (χ0v) is 13.6. The van der Waals surface area contributed by atoms with Crippen LogP contribution in [-0.2, 0) is 15.0 Å². The normalized spacial score (nSPS) is 28.7. The molecule has 3 fully saturated rings. The fourth-order valence-corrected chi connectivity index (χ4v) is 4.29. The molecule has 1 aliphatic heterocycles. The number of hydrogen-bond acceptors (Lipinski definition) is 2. The van der Waals surface area contributed by atoms with Gasteiger partial charge in [0.1, 0.15) is 0 Å². The number of amides is 1. The molecule has 1 aromatic carbocycles. The summed E-state index contributed by atoms with van der Waals surface area (Å²) in [4.78, 5) is 26.4. The van der Waals surface area contributed by atoms with Crippen LogP contribution >= 0.6 is 11.6 Å². The zero-order valence-electron chi connectivity index (χ0n) is 12.9. The Kier molecular flexibility index (Phi) is 3.41. The van der Waals surface area contributed by atoms with Crippen molar-refractivity contribution in [1.29, 1.82) is 0 Å². The van der Waals surface area contributed by atoms with E-state index in [1.54, 1.807) is 4.90 Å². The summed E-state index contributed by atoms with van der Waals surface area (Å²) in [7, 11) is 0. The maximum absolute atomic E-state index is 13.1. The van der Waals surface area contributed by atoms with Gasteiger partial charge in [-0.3, -0.25) is 9.59 Å². The summed E-state index contributed by atoms with van der Waals surface area (Å²) in [5.41, 5.74) is 0.503. The highest BCUT2D eigenvalue weighted by atomic mass is 35.5. The average molecular weight is 334 g/mol. The van der Waals surface area contributed by atoms with Crippen LogP contribution in [-0.4, -0.2) is 35.0 Å². The van der Waals surface area contributed by atoms with Gasteiger partial charge in [0, 0.05) is 18.1 Å². The Morgan fingerprint density at radius 1 is 1.22 bits per heavy atom. The highest BCUT2D eigenvalue weighted by Crippen LogP contribution is 2.52. The summed E-state index contributed by atoms with van der Waals surface area (Å²) in [5.74, 6) is -0.442. The molecule has 0 aromatic heterocycles. The number of hydrogen-bond donors (Lipinski definition) is 1. The molecule has 23 heavy (non-hydrogen) atoms. The number of nitrogens with zero attached hydrogens (tertiary/aromatic N) is 1. The first kappa shape index (κ1) is 15.0. The van der Waals surface area contributed by atoms with Gasteiger partial charge in [-0.15, -0.1) is 0 Å². The Morgan fingerprint density at radius 2 is 1.96 bits per heavy atom. The summed E-state index contributed by atoms with van der Waals surface area (Å²) in [6, 6.07) is 7.52. The molecule has 1 aromatic rings. The second-order valence-corrected chi connectivity index (χ2v) is 7.69. The number of carboxylic acid groups (broad SMARTS) is 1. The fraction of sp³-hybridized carbons (Fsp3) is 0.556. The topological polar surface area (TPSA) is 57.6 Å². The average Bonchev–Trinajstić information content (AvgIpc) is 3.44. The molecule has 0 spiro atoms. The summed E-state index contributed by atoms with van der Waals surface area (Å²) in [5, 5.41) is 10.1. The molecule has 1 heterocycles. The number of carbonyl (C=O) groups excluding carboxylic acids is 1. The molecular formula is C18H20ClNO3. The number of likely N-dealkylation sites (tertiary alicyclic amines) is 1. The van der Waals surface area contributed by atoms with Crippen molar-refractivity contribution in [3.63, 3.8) is 0 Å². The van der Waals surface area contributed by atoms with Crippen molar-refractivity contribution < 1.29 is 14.7 Å². The minimum atomic E-state index is -0.759. The monoisotopic (exact) mass is 333 g/mol. The van der Waals surface area contributed by atoms with E-state index in [4.69, 9.17) is 11.6 Å². The largest absolute Gasteiger partial charge is 0.481 e. The lowest BCUT2D eigenvalue weighted by atomic mass is 9.92. The number of aliphatic carboxylic acids is 1.